The Balaban J connectivity index is 2.02. The van der Waals surface area contributed by atoms with Crippen LogP contribution in [0.3, 0.4) is 0 Å². The van der Waals surface area contributed by atoms with E-state index in [2.05, 4.69) is 15.4 Å². The third-order valence-electron chi connectivity index (χ3n) is 2.43. The predicted octanol–water partition coefficient (Wildman–Crippen LogP) is 1.13. The summed E-state index contributed by atoms with van der Waals surface area (Å²) >= 11 is 1.17. The van der Waals surface area contributed by atoms with E-state index in [1.807, 2.05) is 0 Å². The highest BCUT2D eigenvalue weighted by Crippen LogP contribution is 2.20. The van der Waals surface area contributed by atoms with Crippen molar-refractivity contribution in [2.45, 2.75) is 13.5 Å². The van der Waals surface area contributed by atoms with Crippen LogP contribution in [0.25, 0.3) is 0 Å². The van der Waals surface area contributed by atoms with Gasteiger partial charge in [0, 0.05) is 13.3 Å². The zero-order valence-electron chi connectivity index (χ0n) is 10.7. The van der Waals surface area contributed by atoms with Crippen LogP contribution in [0.4, 0.5) is 10.8 Å². The number of anilines is 2. The third kappa shape index (κ3) is 3.30. The minimum absolute atomic E-state index is 0.224. The van der Waals surface area contributed by atoms with Gasteiger partial charge in [0.05, 0.1) is 30.7 Å². The van der Waals surface area contributed by atoms with Gasteiger partial charge in [-0.1, -0.05) is 11.3 Å². The summed E-state index contributed by atoms with van der Waals surface area (Å²) in [6.45, 7) is 2.96. The molecular weight excluding hydrogens is 266 g/mol. The van der Waals surface area contributed by atoms with E-state index in [1.165, 1.54) is 11.3 Å². The number of ether oxygens (including phenoxy) is 1. The second-order valence-electron chi connectivity index (χ2n) is 3.91. The lowest BCUT2D eigenvalue weighted by atomic mass is 10.3. The highest BCUT2D eigenvalue weighted by atomic mass is 32.1. The van der Waals surface area contributed by atoms with Crippen molar-refractivity contribution in [1.29, 1.82) is 0 Å². The Morgan fingerprint density at radius 3 is 3.05 bits per heavy atom. The monoisotopic (exact) mass is 281 g/mol. The number of rotatable bonds is 5. The first-order valence-corrected chi connectivity index (χ1v) is 6.47. The van der Waals surface area contributed by atoms with Crippen LogP contribution in [0.1, 0.15) is 15.4 Å². The molecule has 0 saturated heterocycles. The van der Waals surface area contributed by atoms with Crippen molar-refractivity contribution in [3.63, 3.8) is 0 Å². The van der Waals surface area contributed by atoms with E-state index in [0.29, 0.717) is 34.5 Å². The van der Waals surface area contributed by atoms with E-state index in [-0.39, 0.29) is 5.91 Å². The van der Waals surface area contributed by atoms with Gasteiger partial charge in [-0.2, -0.15) is 5.10 Å². The van der Waals surface area contributed by atoms with Gasteiger partial charge in [-0.25, -0.2) is 4.98 Å². The second kappa shape index (κ2) is 5.81. The number of methoxy groups -OCH3 is 1. The molecule has 2 aromatic heterocycles. The van der Waals surface area contributed by atoms with E-state index < -0.39 is 0 Å². The number of hydrogen-bond acceptors (Lipinski definition) is 6. The van der Waals surface area contributed by atoms with Crippen molar-refractivity contribution < 1.29 is 9.53 Å². The van der Waals surface area contributed by atoms with Gasteiger partial charge in [0.25, 0.3) is 5.91 Å². The Kier molecular flexibility index (Phi) is 4.13. The molecule has 102 valence electrons. The van der Waals surface area contributed by atoms with Crippen molar-refractivity contribution in [3.05, 3.63) is 23.0 Å². The topological polar surface area (TPSA) is 95.1 Å². The summed E-state index contributed by atoms with van der Waals surface area (Å²) in [5.74, 6) is -0.224. The summed E-state index contributed by atoms with van der Waals surface area (Å²) in [6.07, 6.45) is 3.34. The molecule has 0 bridgehead atoms. The molecule has 2 heterocycles. The first-order valence-electron chi connectivity index (χ1n) is 5.66. The zero-order valence-corrected chi connectivity index (χ0v) is 11.5. The maximum Gasteiger partial charge on any atom is 0.267 e. The van der Waals surface area contributed by atoms with Gasteiger partial charge in [0.15, 0.2) is 5.13 Å². The molecule has 3 N–H and O–H groups in total. The number of aryl methyl sites for hydroxylation is 1. The normalized spacial score (nSPS) is 10.6. The van der Waals surface area contributed by atoms with Crippen LogP contribution in [0.15, 0.2) is 12.4 Å². The highest BCUT2D eigenvalue weighted by Gasteiger charge is 2.14. The molecule has 1 amide bonds. The molecule has 2 rings (SSSR count). The van der Waals surface area contributed by atoms with E-state index in [4.69, 9.17) is 10.5 Å². The average molecular weight is 281 g/mol. The molecule has 0 saturated carbocycles. The highest BCUT2D eigenvalue weighted by molar-refractivity contribution is 7.17. The Morgan fingerprint density at radius 2 is 2.42 bits per heavy atom. The minimum Gasteiger partial charge on any atom is -0.383 e. The molecule has 0 aromatic carbocycles. The van der Waals surface area contributed by atoms with Gasteiger partial charge in [0.1, 0.15) is 4.88 Å². The lowest BCUT2D eigenvalue weighted by molar-refractivity contribution is 0.103. The fraction of sp³-hybridized carbons (Fsp3) is 0.364. The fourth-order valence-corrected chi connectivity index (χ4v) is 2.28. The van der Waals surface area contributed by atoms with Gasteiger partial charge < -0.3 is 15.8 Å². The molecule has 2 aromatic rings. The van der Waals surface area contributed by atoms with Crippen molar-refractivity contribution in [1.82, 2.24) is 14.8 Å². The molecular formula is C11H15N5O2S. The summed E-state index contributed by atoms with van der Waals surface area (Å²) in [7, 11) is 1.63. The Labute approximate surface area is 114 Å². The number of carbonyl (C=O) groups excluding carboxylic acids is 1. The molecule has 7 nitrogen and oxygen atoms in total. The first-order chi connectivity index (χ1) is 9.10. The van der Waals surface area contributed by atoms with E-state index in [1.54, 1.807) is 31.1 Å². The summed E-state index contributed by atoms with van der Waals surface area (Å²) in [6, 6.07) is 0. The largest absolute Gasteiger partial charge is 0.383 e. The van der Waals surface area contributed by atoms with Crippen LogP contribution in [-0.4, -0.2) is 34.4 Å². The molecule has 0 aliphatic rings. The van der Waals surface area contributed by atoms with Crippen LogP contribution < -0.4 is 11.1 Å². The van der Waals surface area contributed by atoms with Crippen LogP contribution in [-0.2, 0) is 11.3 Å². The molecule has 0 spiro atoms. The maximum absolute atomic E-state index is 12.0. The van der Waals surface area contributed by atoms with Crippen molar-refractivity contribution in [2.75, 3.05) is 24.8 Å². The zero-order chi connectivity index (χ0) is 13.8. The Bertz CT molecular complexity index is 577. The molecule has 0 aliphatic carbocycles. The number of carbonyl (C=O) groups is 1. The number of nitrogen functional groups attached to an aromatic ring is 1. The molecule has 0 fully saturated rings. The molecule has 0 radical (unpaired) electrons. The number of nitrogens with zero attached hydrogens (tertiary/aromatic N) is 3. The Hall–Kier alpha value is -1.93. The Morgan fingerprint density at radius 1 is 1.63 bits per heavy atom. The van der Waals surface area contributed by atoms with Gasteiger partial charge in [-0.05, 0) is 6.92 Å². The second-order valence-corrected chi connectivity index (χ2v) is 4.94. The van der Waals surface area contributed by atoms with E-state index in [0.717, 1.165) is 0 Å². The average Bonchev–Trinajstić information content (AvgIpc) is 2.93. The van der Waals surface area contributed by atoms with E-state index >= 15 is 0 Å². The number of thiazole rings is 1. The van der Waals surface area contributed by atoms with Crippen LogP contribution in [0.2, 0.25) is 0 Å². The number of nitrogens with two attached hydrogens (primary N) is 1. The summed E-state index contributed by atoms with van der Waals surface area (Å²) < 4.78 is 6.66. The summed E-state index contributed by atoms with van der Waals surface area (Å²) in [4.78, 5) is 16.5. The summed E-state index contributed by atoms with van der Waals surface area (Å²) in [5.41, 5.74) is 6.83. The number of aromatic nitrogens is 3. The smallest absolute Gasteiger partial charge is 0.267 e. The molecule has 19 heavy (non-hydrogen) atoms. The van der Waals surface area contributed by atoms with Gasteiger partial charge >= 0.3 is 0 Å². The van der Waals surface area contributed by atoms with E-state index in [9.17, 15) is 4.79 Å². The van der Waals surface area contributed by atoms with Crippen molar-refractivity contribution in [2.24, 2.45) is 0 Å². The number of hydrogen-bond donors (Lipinski definition) is 2. The quantitative estimate of drug-likeness (QED) is 0.856. The lowest BCUT2D eigenvalue weighted by Crippen LogP contribution is -2.11. The van der Waals surface area contributed by atoms with Crippen LogP contribution >= 0.6 is 11.3 Å². The molecule has 0 unspecified atom stereocenters. The maximum atomic E-state index is 12.0. The molecule has 0 aliphatic heterocycles. The first kappa shape index (κ1) is 13.5. The fourth-order valence-electron chi connectivity index (χ4n) is 1.55. The lowest BCUT2D eigenvalue weighted by Gasteiger charge is -2.00. The van der Waals surface area contributed by atoms with Crippen LogP contribution in [0.5, 0.6) is 0 Å². The van der Waals surface area contributed by atoms with Gasteiger partial charge in [-0.3, -0.25) is 9.48 Å². The minimum atomic E-state index is -0.224. The van der Waals surface area contributed by atoms with Gasteiger partial charge in [0.2, 0.25) is 0 Å². The number of amides is 1. The SMILES string of the molecule is COCCn1cc(NC(=O)c2sc(N)nc2C)cn1. The predicted molar refractivity (Wildman–Crippen MR) is 73.3 cm³/mol. The standard InChI is InChI=1S/C11H15N5O2S/c1-7-9(19-11(12)14-7)10(17)15-8-5-13-16(6-8)3-4-18-2/h5-6H,3-4H2,1-2H3,(H2,12,14)(H,15,17). The van der Waals surface area contributed by atoms with Crippen molar-refractivity contribution >= 4 is 28.1 Å². The van der Waals surface area contributed by atoms with Crippen molar-refractivity contribution in [3.8, 4) is 0 Å². The summed E-state index contributed by atoms with van der Waals surface area (Å²) in [5, 5.41) is 7.26. The third-order valence-corrected chi connectivity index (χ3v) is 3.42. The van der Waals surface area contributed by atoms with Crippen LogP contribution in [0, 0.1) is 6.92 Å². The molecule has 8 heteroatoms. The molecule has 0 atom stereocenters. The van der Waals surface area contributed by atoms with Gasteiger partial charge in [-0.15, -0.1) is 0 Å². The number of nitrogens with one attached hydrogen (secondary N) is 1.